The number of aromatic nitrogens is 3. The van der Waals surface area contributed by atoms with Crippen LogP contribution in [-0.4, -0.2) is 45.2 Å². The number of pyridine rings is 1. The Bertz CT molecular complexity index is 1140. The fourth-order valence-electron chi connectivity index (χ4n) is 3.92. The molecule has 0 radical (unpaired) electrons. The number of rotatable bonds is 5. The zero-order chi connectivity index (χ0) is 22.5. The van der Waals surface area contributed by atoms with Crippen molar-refractivity contribution in [2.24, 2.45) is 0 Å². The maximum atomic E-state index is 13.7. The molecular weight excluding hydrogens is 407 g/mol. The standard InChI is InChI=1S/C24H25FN6O/c1-27-24(32)19-9-8-17(14-28-19)20-15-29-23(30-20)11-10-22(26)31-12-3-2-7-21(31)16-5-4-6-18(25)13-16/h4-6,8-11,13-15,21,26H,2-3,7,12H2,1H3,(H,27,32)(H,29,30)/b11-10-,26-22?. The van der Waals surface area contributed by atoms with Crippen LogP contribution in [0.4, 0.5) is 4.39 Å². The molecular formula is C24H25FN6O. The number of carbonyl (C=O) groups excluding carboxylic acids is 1. The average molecular weight is 433 g/mol. The molecule has 0 saturated carbocycles. The second-order valence-electron chi connectivity index (χ2n) is 7.67. The fraction of sp³-hybridized carbons (Fsp3) is 0.250. The minimum absolute atomic E-state index is 0.00586. The molecule has 1 aromatic carbocycles. The van der Waals surface area contributed by atoms with E-state index in [1.807, 2.05) is 11.0 Å². The average Bonchev–Trinajstić information content (AvgIpc) is 3.31. The van der Waals surface area contributed by atoms with Gasteiger partial charge in [-0.25, -0.2) is 9.37 Å². The Morgan fingerprint density at radius 3 is 2.88 bits per heavy atom. The molecule has 4 rings (SSSR count). The van der Waals surface area contributed by atoms with Crippen LogP contribution in [0.25, 0.3) is 17.3 Å². The van der Waals surface area contributed by atoms with E-state index in [0.717, 1.165) is 42.6 Å². The van der Waals surface area contributed by atoms with Crippen molar-refractivity contribution in [2.45, 2.75) is 25.3 Å². The van der Waals surface area contributed by atoms with Crippen LogP contribution in [0.1, 0.15) is 47.2 Å². The Balaban J connectivity index is 1.46. The summed E-state index contributed by atoms with van der Waals surface area (Å²) in [6, 6.07) is 10.1. The highest BCUT2D eigenvalue weighted by molar-refractivity contribution is 5.94. The van der Waals surface area contributed by atoms with Crippen LogP contribution in [-0.2, 0) is 0 Å². The summed E-state index contributed by atoms with van der Waals surface area (Å²) in [6.45, 7) is 0.761. The van der Waals surface area contributed by atoms with Gasteiger partial charge in [0.25, 0.3) is 5.91 Å². The number of likely N-dealkylation sites (tertiary alicyclic amines) is 1. The number of hydrogen-bond acceptors (Lipinski definition) is 4. The third-order valence-corrected chi connectivity index (χ3v) is 5.57. The van der Waals surface area contributed by atoms with Gasteiger partial charge >= 0.3 is 0 Å². The first-order valence-corrected chi connectivity index (χ1v) is 10.6. The van der Waals surface area contributed by atoms with Crippen molar-refractivity contribution in [3.05, 3.63) is 77.8 Å². The number of aromatic amines is 1. The molecule has 32 heavy (non-hydrogen) atoms. The minimum Gasteiger partial charge on any atom is -0.354 e. The molecule has 0 bridgehead atoms. The van der Waals surface area contributed by atoms with Crippen LogP contribution in [0, 0.1) is 11.2 Å². The highest BCUT2D eigenvalue weighted by Crippen LogP contribution is 2.31. The van der Waals surface area contributed by atoms with Crippen LogP contribution in [0.15, 0.2) is 54.9 Å². The number of imidazole rings is 1. The van der Waals surface area contributed by atoms with Crippen LogP contribution in [0.2, 0.25) is 0 Å². The molecule has 2 aromatic heterocycles. The summed E-state index contributed by atoms with van der Waals surface area (Å²) in [5, 5.41) is 11.1. The molecule has 3 heterocycles. The van der Waals surface area contributed by atoms with Crippen LogP contribution in [0.3, 0.4) is 0 Å². The van der Waals surface area contributed by atoms with Crippen molar-refractivity contribution in [3.63, 3.8) is 0 Å². The molecule has 164 valence electrons. The number of nitrogens with zero attached hydrogens (tertiary/aromatic N) is 3. The number of amidine groups is 1. The van der Waals surface area contributed by atoms with Crippen molar-refractivity contribution in [3.8, 4) is 11.3 Å². The molecule has 8 heteroatoms. The van der Waals surface area contributed by atoms with Crippen molar-refractivity contribution in [1.29, 1.82) is 5.41 Å². The summed E-state index contributed by atoms with van der Waals surface area (Å²) in [6.07, 6.45) is 9.74. The summed E-state index contributed by atoms with van der Waals surface area (Å²) in [5.41, 5.74) is 2.82. The van der Waals surface area contributed by atoms with Gasteiger partial charge in [0.05, 0.1) is 17.9 Å². The summed E-state index contributed by atoms with van der Waals surface area (Å²) >= 11 is 0. The molecule has 0 spiro atoms. The maximum absolute atomic E-state index is 13.7. The molecule has 3 aromatic rings. The molecule has 7 nitrogen and oxygen atoms in total. The number of carbonyl (C=O) groups is 1. The number of piperidine rings is 1. The Morgan fingerprint density at radius 1 is 1.25 bits per heavy atom. The Kier molecular flexibility index (Phi) is 6.39. The van der Waals surface area contributed by atoms with Gasteiger partial charge in [0, 0.05) is 25.4 Å². The SMILES string of the molecule is CNC(=O)c1ccc(-c2cnc(/C=C\C(=N)N3CCCCC3c3cccc(F)c3)[nH]2)cn1. The lowest BCUT2D eigenvalue weighted by Crippen LogP contribution is -2.37. The van der Waals surface area contributed by atoms with Crippen LogP contribution >= 0.6 is 0 Å². The normalized spacial score (nSPS) is 16.3. The second-order valence-corrected chi connectivity index (χ2v) is 7.67. The highest BCUT2D eigenvalue weighted by Gasteiger charge is 2.25. The predicted molar refractivity (Wildman–Crippen MR) is 122 cm³/mol. The number of amides is 1. The number of H-pyrrole nitrogens is 1. The molecule has 1 fully saturated rings. The van der Waals surface area contributed by atoms with Gasteiger partial charge in [0.2, 0.25) is 0 Å². The second kappa shape index (κ2) is 9.55. The predicted octanol–water partition coefficient (Wildman–Crippen LogP) is 4.19. The monoisotopic (exact) mass is 432 g/mol. The van der Waals surface area contributed by atoms with Crippen molar-refractivity contribution in [1.82, 2.24) is 25.2 Å². The fourth-order valence-corrected chi connectivity index (χ4v) is 3.92. The van der Waals surface area contributed by atoms with Gasteiger partial charge in [-0.15, -0.1) is 0 Å². The molecule has 0 aliphatic carbocycles. The third kappa shape index (κ3) is 4.74. The highest BCUT2D eigenvalue weighted by atomic mass is 19.1. The van der Waals surface area contributed by atoms with Gasteiger partial charge in [-0.05, 0) is 61.2 Å². The summed E-state index contributed by atoms with van der Waals surface area (Å²) < 4.78 is 13.7. The summed E-state index contributed by atoms with van der Waals surface area (Å²) in [5.74, 6) is 0.488. The number of hydrogen-bond donors (Lipinski definition) is 3. The molecule has 1 atom stereocenters. The van der Waals surface area contributed by atoms with E-state index in [1.54, 1.807) is 55.9 Å². The van der Waals surface area contributed by atoms with Gasteiger partial charge < -0.3 is 15.2 Å². The Labute approximate surface area is 185 Å². The quantitative estimate of drug-likeness (QED) is 0.416. The van der Waals surface area contributed by atoms with E-state index < -0.39 is 0 Å². The maximum Gasteiger partial charge on any atom is 0.269 e. The zero-order valence-electron chi connectivity index (χ0n) is 17.8. The first-order valence-electron chi connectivity index (χ1n) is 10.6. The largest absolute Gasteiger partial charge is 0.354 e. The third-order valence-electron chi connectivity index (χ3n) is 5.57. The van der Waals surface area contributed by atoms with E-state index in [2.05, 4.69) is 20.3 Å². The van der Waals surface area contributed by atoms with Gasteiger partial charge in [-0.2, -0.15) is 0 Å². The van der Waals surface area contributed by atoms with E-state index in [0.29, 0.717) is 17.4 Å². The van der Waals surface area contributed by atoms with Gasteiger partial charge in [-0.3, -0.25) is 15.2 Å². The first kappa shape index (κ1) is 21.4. The van der Waals surface area contributed by atoms with Crippen molar-refractivity contribution < 1.29 is 9.18 Å². The molecule has 1 amide bonds. The van der Waals surface area contributed by atoms with E-state index in [1.165, 1.54) is 6.07 Å². The zero-order valence-corrected chi connectivity index (χ0v) is 17.8. The van der Waals surface area contributed by atoms with Crippen molar-refractivity contribution >= 4 is 17.8 Å². The lowest BCUT2D eigenvalue weighted by molar-refractivity contribution is 0.0958. The number of benzene rings is 1. The molecule has 1 unspecified atom stereocenters. The Morgan fingerprint density at radius 2 is 2.12 bits per heavy atom. The van der Waals surface area contributed by atoms with Crippen LogP contribution in [0.5, 0.6) is 0 Å². The summed E-state index contributed by atoms with van der Waals surface area (Å²) in [7, 11) is 1.56. The van der Waals surface area contributed by atoms with E-state index in [4.69, 9.17) is 5.41 Å². The van der Waals surface area contributed by atoms with Crippen molar-refractivity contribution in [2.75, 3.05) is 13.6 Å². The minimum atomic E-state index is -0.254. The van der Waals surface area contributed by atoms with E-state index >= 15 is 0 Å². The van der Waals surface area contributed by atoms with Gasteiger partial charge in [0.1, 0.15) is 23.2 Å². The Hall–Kier alpha value is -3.81. The lowest BCUT2D eigenvalue weighted by atomic mass is 9.95. The van der Waals surface area contributed by atoms with Gasteiger partial charge in [-0.1, -0.05) is 12.1 Å². The van der Waals surface area contributed by atoms with Crippen LogP contribution < -0.4 is 5.32 Å². The first-order chi connectivity index (χ1) is 15.5. The topological polar surface area (TPSA) is 97.8 Å². The summed E-state index contributed by atoms with van der Waals surface area (Å²) in [4.78, 5) is 25.4. The lowest BCUT2D eigenvalue weighted by Gasteiger charge is -2.37. The molecule has 1 aliphatic rings. The molecule has 1 saturated heterocycles. The number of nitrogens with one attached hydrogen (secondary N) is 3. The van der Waals surface area contributed by atoms with E-state index in [-0.39, 0.29) is 17.8 Å². The number of halogens is 1. The smallest absolute Gasteiger partial charge is 0.269 e. The van der Waals surface area contributed by atoms with E-state index in [9.17, 15) is 9.18 Å². The van der Waals surface area contributed by atoms with Gasteiger partial charge in [0.15, 0.2) is 0 Å². The molecule has 3 N–H and O–H groups in total. The molecule has 1 aliphatic heterocycles.